The molecule has 1 amide bonds. The fourth-order valence-electron chi connectivity index (χ4n) is 2.68. The second-order valence-electron chi connectivity index (χ2n) is 5.69. The Kier molecular flexibility index (Phi) is 5.51. The zero-order valence-electron chi connectivity index (χ0n) is 15.0. The summed E-state index contributed by atoms with van der Waals surface area (Å²) in [6.45, 7) is 0. The van der Waals surface area contributed by atoms with Gasteiger partial charge in [-0.2, -0.15) is 0 Å². The van der Waals surface area contributed by atoms with Crippen molar-refractivity contribution < 1.29 is 19.2 Å². The van der Waals surface area contributed by atoms with Crippen molar-refractivity contribution in [1.29, 1.82) is 0 Å². The van der Waals surface area contributed by atoms with E-state index < -0.39 is 10.8 Å². The van der Waals surface area contributed by atoms with E-state index in [1.54, 1.807) is 10.6 Å². The number of carbonyl (C=O) groups excluding carboxylic acids is 1. The van der Waals surface area contributed by atoms with Crippen molar-refractivity contribution >= 4 is 28.9 Å². The molecule has 1 heterocycles. The van der Waals surface area contributed by atoms with E-state index in [-0.39, 0.29) is 22.7 Å². The lowest BCUT2D eigenvalue weighted by molar-refractivity contribution is -0.384. The number of benzene rings is 2. The van der Waals surface area contributed by atoms with Crippen molar-refractivity contribution in [3.63, 3.8) is 0 Å². The maximum absolute atomic E-state index is 12.8. The minimum Gasteiger partial charge on any atom is -0.496 e. The molecule has 0 saturated carbocycles. The second-order valence-corrected chi connectivity index (χ2v) is 6.10. The SMILES string of the molecule is COc1ccc([N+](=O)[O-])cc1NC(=O)c1cc(Cl)c(-n2cccc2)cc1OC. The maximum Gasteiger partial charge on any atom is 0.271 e. The van der Waals surface area contributed by atoms with Crippen LogP contribution in [-0.4, -0.2) is 29.6 Å². The molecule has 3 aromatic rings. The van der Waals surface area contributed by atoms with Crippen LogP contribution in [0.15, 0.2) is 54.9 Å². The van der Waals surface area contributed by atoms with Crippen molar-refractivity contribution in [3.05, 3.63) is 75.6 Å². The van der Waals surface area contributed by atoms with E-state index >= 15 is 0 Å². The van der Waals surface area contributed by atoms with E-state index in [0.717, 1.165) is 0 Å². The lowest BCUT2D eigenvalue weighted by atomic mass is 10.1. The highest BCUT2D eigenvalue weighted by Crippen LogP contribution is 2.33. The number of nitrogens with zero attached hydrogens (tertiary/aromatic N) is 2. The number of methoxy groups -OCH3 is 2. The smallest absolute Gasteiger partial charge is 0.271 e. The van der Waals surface area contributed by atoms with Crippen LogP contribution in [0.3, 0.4) is 0 Å². The number of halogens is 1. The standard InChI is InChI=1S/C19H16ClN3O5/c1-27-17-6-5-12(23(25)26)9-15(17)21-19(24)13-10-14(20)16(11-18(13)28-2)22-7-3-4-8-22/h3-11H,1-2H3,(H,21,24). The summed E-state index contributed by atoms with van der Waals surface area (Å²) in [7, 11) is 2.84. The molecule has 2 aromatic carbocycles. The molecule has 0 bridgehead atoms. The molecule has 1 aromatic heterocycles. The van der Waals surface area contributed by atoms with Crippen LogP contribution in [0.1, 0.15) is 10.4 Å². The lowest BCUT2D eigenvalue weighted by Crippen LogP contribution is -2.14. The third-order valence-corrected chi connectivity index (χ3v) is 4.34. The Labute approximate surface area is 165 Å². The van der Waals surface area contributed by atoms with Crippen LogP contribution in [0.5, 0.6) is 11.5 Å². The molecule has 0 saturated heterocycles. The van der Waals surface area contributed by atoms with Crippen LogP contribution in [0.25, 0.3) is 5.69 Å². The summed E-state index contributed by atoms with van der Waals surface area (Å²) >= 11 is 6.35. The maximum atomic E-state index is 12.8. The number of non-ortho nitro benzene ring substituents is 1. The molecule has 1 N–H and O–H groups in total. The predicted octanol–water partition coefficient (Wildman–Crippen LogP) is 4.31. The zero-order chi connectivity index (χ0) is 20.3. The highest BCUT2D eigenvalue weighted by Gasteiger charge is 2.19. The monoisotopic (exact) mass is 401 g/mol. The van der Waals surface area contributed by atoms with Gasteiger partial charge in [0.1, 0.15) is 11.5 Å². The summed E-state index contributed by atoms with van der Waals surface area (Å²) in [5.74, 6) is 0.0413. The molecule has 0 radical (unpaired) electrons. The van der Waals surface area contributed by atoms with Crippen LogP contribution >= 0.6 is 11.6 Å². The molecule has 3 rings (SSSR count). The van der Waals surface area contributed by atoms with Gasteiger partial charge in [-0.1, -0.05) is 11.6 Å². The zero-order valence-corrected chi connectivity index (χ0v) is 15.8. The summed E-state index contributed by atoms with van der Waals surface area (Å²) in [4.78, 5) is 23.3. The number of amides is 1. The Morgan fingerprint density at radius 3 is 2.39 bits per heavy atom. The quantitative estimate of drug-likeness (QED) is 0.490. The first-order valence-corrected chi connectivity index (χ1v) is 8.47. The Balaban J connectivity index is 1.98. The van der Waals surface area contributed by atoms with Gasteiger partial charge in [0.2, 0.25) is 0 Å². The number of nitro benzene ring substituents is 1. The summed E-state index contributed by atoms with van der Waals surface area (Å²) in [5, 5.41) is 14.0. The van der Waals surface area contributed by atoms with E-state index in [1.165, 1.54) is 38.5 Å². The van der Waals surface area contributed by atoms with E-state index in [2.05, 4.69) is 5.32 Å². The normalized spacial score (nSPS) is 10.4. The molecular formula is C19H16ClN3O5. The molecule has 8 nitrogen and oxygen atoms in total. The highest BCUT2D eigenvalue weighted by atomic mass is 35.5. The molecule has 0 aliphatic rings. The number of anilines is 1. The summed E-state index contributed by atoms with van der Waals surface area (Å²) in [5.41, 5.74) is 0.809. The minimum atomic E-state index is -0.557. The topological polar surface area (TPSA) is 95.6 Å². The van der Waals surface area contributed by atoms with Gasteiger partial charge < -0.3 is 19.4 Å². The molecule has 0 spiro atoms. The van der Waals surface area contributed by atoms with Gasteiger partial charge in [0.05, 0.1) is 41.1 Å². The Hall–Kier alpha value is -3.52. The van der Waals surface area contributed by atoms with Gasteiger partial charge >= 0.3 is 0 Å². The molecule has 0 fully saturated rings. The van der Waals surface area contributed by atoms with E-state index in [1.807, 2.05) is 24.5 Å². The number of aromatic nitrogens is 1. The molecule has 0 aliphatic carbocycles. The highest BCUT2D eigenvalue weighted by molar-refractivity contribution is 6.33. The van der Waals surface area contributed by atoms with Crippen molar-refractivity contribution in [2.45, 2.75) is 0 Å². The van der Waals surface area contributed by atoms with Crippen LogP contribution in [0, 0.1) is 10.1 Å². The third kappa shape index (κ3) is 3.77. The van der Waals surface area contributed by atoms with Gasteiger partial charge in [-0.15, -0.1) is 0 Å². The van der Waals surface area contributed by atoms with Crippen LogP contribution < -0.4 is 14.8 Å². The molecule has 144 valence electrons. The number of hydrogen-bond acceptors (Lipinski definition) is 5. The molecule has 9 heteroatoms. The van der Waals surface area contributed by atoms with Gasteiger partial charge in [-0.3, -0.25) is 14.9 Å². The van der Waals surface area contributed by atoms with Gasteiger partial charge in [-0.25, -0.2) is 0 Å². The van der Waals surface area contributed by atoms with E-state index in [4.69, 9.17) is 21.1 Å². The first kappa shape index (κ1) is 19.2. The van der Waals surface area contributed by atoms with Gasteiger partial charge in [-0.05, 0) is 24.3 Å². The number of carbonyl (C=O) groups is 1. The Bertz CT molecular complexity index is 1030. The van der Waals surface area contributed by atoms with Crippen molar-refractivity contribution in [1.82, 2.24) is 4.57 Å². The van der Waals surface area contributed by atoms with Gasteiger partial charge in [0.15, 0.2) is 0 Å². The third-order valence-electron chi connectivity index (χ3n) is 4.04. The van der Waals surface area contributed by atoms with Crippen molar-refractivity contribution in [2.24, 2.45) is 0 Å². The summed E-state index contributed by atoms with van der Waals surface area (Å²) in [6.07, 6.45) is 3.63. The van der Waals surface area contributed by atoms with E-state index in [9.17, 15) is 14.9 Å². The number of nitro groups is 1. The molecule has 0 aliphatic heterocycles. The molecule has 28 heavy (non-hydrogen) atoms. The first-order valence-electron chi connectivity index (χ1n) is 8.09. The van der Waals surface area contributed by atoms with E-state index in [0.29, 0.717) is 16.5 Å². The number of ether oxygens (including phenoxy) is 2. The molecular weight excluding hydrogens is 386 g/mol. The average Bonchev–Trinajstić information content (AvgIpc) is 3.22. The first-order chi connectivity index (χ1) is 13.4. The predicted molar refractivity (Wildman–Crippen MR) is 105 cm³/mol. The summed E-state index contributed by atoms with van der Waals surface area (Å²) < 4.78 is 12.3. The van der Waals surface area contributed by atoms with Crippen LogP contribution in [0.4, 0.5) is 11.4 Å². The molecule has 0 unspecified atom stereocenters. The number of hydrogen-bond donors (Lipinski definition) is 1. The van der Waals surface area contributed by atoms with Crippen molar-refractivity contribution in [3.8, 4) is 17.2 Å². The molecule has 0 atom stereocenters. The minimum absolute atomic E-state index is 0.161. The van der Waals surface area contributed by atoms with Crippen LogP contribution in [0.2, 0.25) is 5.02 Å². The lowest BCUT2D eigenvalue weighted by Gasteiger charge is -2.14. The second kappa shape index (κ2) is 8.01. The van der Waals surface area contributed by atoms with Gasteiger partial charge in [0.25, 0.3) is 11.6 Å². The number of nitrogens with one attached hydrogen (secondary N) is 1. The fraction of sp³-hybridized carbons (Fsp3) is 0.105. The Morgan fingerprint density at radius 2 is 1.79 bits per heavy atom. The largest absolute Gasteiger partial charge is 0.496 e. The Morgan fingerprint density at radius 1 is 1.11 bits per heavy atom. The summed E-state index contributed by atoms with van der Waals surface area (Å²) in [6, 6.07) is 10.7. The van der Waals surface area contributed by atoms with Crippen molar-refractivity contribution in [2.75, 3.05) is 19.5 Å². The van der Waals surface area contributed by atoms with Crippen LogP contribution in [-0.2, 0) is 0 Å². The average molecular weight is 402 g/mol. The number of rotatable bonds is 6. The fourth-order valence-corrected chi connectivity index (χ4v) is 2.94. The van der Waals surface area contributed by atoms with Gasteiger partial charge in [0, 0.05) is 30.6 Å².